The Balaban J connectivity index is 2.32. The van der Waals surface area contributed by atoms with Crippen molar-refractivity contribution < 1.29 is 0 Å². The summed E-state index contributed by atoms with van der Waals surface area (Å²) in [4.78, 5) is 0. The van der Waals surface area contributed by atoms with E-state index in [-0.39, 0.29) is 0 Å². The molecule has 4 heavy (non-hydrogen) atoms. The predicted octanol–water partition coefficient (Wildman–Crippen LogP) is 1.69. The Kier molecular flexibility index (Phi) is 5.84. The average Bonchev–Trinajstić information content (AvgIpc) is 0.811. The molecule has 0 aliphatic rings. The Bertz CT molecular complexity index is 8.00. The molecule has 0 atom stereocenters. The Labute approximate surface area is 47.6 Å². The molecule has 0 saturated carbocycles. The first-order valence-corrected chi connectivity index (χ1v) is 17.5. The Morgan fingerprint density at radius 3 is 1.00 bits per heavy atom. The molecular formula is BaCl3. The van der Waals surface area contributed by atoms with Crippen LogP contribution >= 0.6 is 12.8 Å². The maximum atomic E-state index is 5.04. The SMILES string of the molecule is [Cl][Ba]([Cl])[Cl]. The van der Waals surface area contributed by atoms with Crippen molar-refractivity contribution in [3.63, 3.8) is 0 Å². The second kappa shape index (κ2) is 3.63. The summed E-state index contributed by atoms with van der Waals surface area (Å²) in [6.45, 7) is 0. The van der Waals surface area contributed by atoms with Crippen LogP contribution in [0.1, 0.15) is 0 Å². The molecule has 0 aromatic carbocycles. The first-order valence-electron chi connectivity index (χ1n) is 0.802. The molecule has 0 spiro atoms. The van der Waals surface area contributed by atoms with Gasteiger partial charge in [-0.25, -0.2) is 0 Å². The summed E-state index contributed by atoms with van der Waals surface area (Å²) in [5.74, 6) is 0. The van der Waals surface area contributed by atoms with Crippen molar-refractivity contribution in [3.05, 3.63) is 0 Å². The topological polar surface area (TPSA) is 0 Å². The summed E-state index contributed by atoms with van der Waals surface area (Å²) in [5, 5.41) is 0. The third kappa shape index (κ3) is 8.82. The van der Waals surface area contributed by atoms with Gasteiger partial charge in [0, 0.05) is 0 Å². The molecule has 0 nitrogen and oxygen atoms in total. The molecule has 0 fully saturated rings. The van der Waals surface area contributed by atoms with Crippen molar-refractivity contribution in [3.8, 4) is 0 Å². The van der Waals surface area contributed by atoms with Crippen LogP contribution in [-0.4, -0.2) is 36.6 Å². The molecule has 0 aliphatic carbocycles. The van der Waals surface area contributed by atoms with Gasteiger partial charge in [-0.1, -0.05) is 0 Å². The molecule has 0 N–H and O–H groups in total. The van der Waals surface area contributed by atoms with E-state index in [1.165, 1.54) is 0 Å². The van der Waals surface area contributed by atoms with Gasteiger partial charge < -0.3 is 0 Å². The van der Waals surface area contributed by atoms with E-state index in [0.29, 0.717) is 0 Å². The first kappa shape index (κ1) is 6.44. The monoisotopic (exact) mass is 243 g/mol. The van der Waals surface area contributed by atoms with E-state index in [0.717, 1.165) is 0 Å². The van der Waals surface area contributed by atoms with Crippen molar-refractivity contribution >= 4 is 49.3 Å². The van der Waals surface area contributed by atoms with Gasteiger partial charge in [0.25, 0.3) is 0 Å². The van der Waals surface area contributed by atoms with Gasteiger partial charge >= 0.3 is 49.3 Å². The van der Waals surface area contributed by atoms with Gasteiger partial charge in [-0.2, -0.15) is 0 Å². The molecule has 0 heterocycles. The third-order valence-electron chi connectivity index (χ3n) is 0. The van der Waals surface area contributed by atoms with Crippen molar-refractivity contribution in [2.24, 2.45) is 0 Å². The zero-order valence-electron chi connectivity index (χ0n) is 1.84. The van der Waals surface area contributed by atoms with Crippen LogP contribution in [-0.2, 0) is 0 Å². The fourth-order valence-corrected chi connectivity index (χ4v) is 0. The quantitative estimate of drug-likeness (QED) is 0.568. The van der Waals surface area contributed by atoms with Gasteiger partial charge in [-0.3, -0.25) is 0 Å². The number of halogens is 3. The minimum absolute atomic E-state index is 2.37. The number of rotatable bonds is 0. The molecule has 23 valence electrons. The van der Waals surface area contributed by atoms with E-state index in [1.807, 2.05) is 0 Å². The predicted molar refractivity (Wildman–Crippen MR) is 23.3 cm³/mol. The molecule has 0 rings (SSSR count). The van der Waals surface area contributed by atoms with Gasteiger partial charge in [-0.05, 0) is 0 Å². The van der Waals surface area contributed by atoms with E-state index in [2.05, 4.69) is 0 Å². The molecule has 0 amide bonds. The second-order valence-corrected chi connectivity index (χ2v) is 19.9. The van der Waals surface area contributed by atoms with Crippen LogP contribution in [0.4, 0.5) is 0 Å². The van der Waals surface area contributed by atoms with Crippen molar-refractivity contribution in [1.82, 2.24) is 0 Å². The van der Waals surface area contributed by atoms with Crippen LogP contribution in [0.5, 0.6) is 0 Å². The molecule has 0 aromatic heterocycles. The number of hydrogen-bond donors (Lipinski definition) is 0. The van der Waals surface area contributed by atoms with Gasteiger partial charge in [0.2, 0.25) is 0 Å². The van der Waals surface area contributed by atoms with E-state index in [4.69, 9.17) is 12.8 Å². The summed E-state index contributed by atoms with van der Waals surface area (Å²) in [7, 11) is 0. The molecular weight excluding hydrogens is 244 g/mol. The van der Waals surface area contributed by atoms with E-state index < -0.39 is 36.6 Å². The summed E-state index contributed by atoms with van der Waals surface area (Å²) >= 11 is -2.37. The van der Waals surface area contributed by atoms with Gasteiger partial charge in [0.15, 0.2) is 0 Å². The van der Waals surface area contributed by atoms with E-state index >= 15 is 0 Å². The normalized spacial score (nSPS) is 9.00. The van der Waals surface area contributed by atoms with Crippen LogP contribution in [0.3, 0.4) is 0 Å². The van der Waals surface area contributed by atoms with Crippen LogP contribution < -0.4 is 0 Å². The Morgan fingerprint density at radius 1 is 1.00 bits per heavy atom. The maximum absolute atomic E-state index is 5.04. The van der Waals surface area contributed by atoms with Crippen LogP contribution in [0, 0.1) is 0 Å². The average molecular weight is 244 g/mol. The van der Waals surface area contributed by atoms with Crippen LogP contribution in [0.25, 0.3) is 0 Å². The molecule has 0 aromatic rings. The zero-order valence-corrected chi connectivity index (χ0v) is 8.55. The van der Waals surface area contributed by atoms with Gasteiger partial charge in [0.05, 0.1) is 0 Å². The summed E-state index contributed by atoms with van der Waals surface area (Å²) < 4.78 is 15.1. The molecule has 0 saturated heterocycles. The summed E-state index contributed by atoms with van der Waals surface area (Å²) in [6.07, 6.45) is 0. The van der Waals surface area contributed by atoms with Crippen molar-refractivity contribution in [2.45, 2.75) is 0 Å². The van der Waals surface area contributed by atoms with Crippen molar-refractivity contribution in [1.29, 1.82) is 0 Å². The number of hydrogen-bond acceptors (Lipinski definition) is 0. The fraction of sp³-hybridized carbons (Fsp3) is 0. The second-order valence-electron chi connectivity index (χ2n) is 0.303. The van der Waals surface area contributed by atoms with E-state index in [1.54, 1.807) is 0 Å². The molecule has 0 aliphatic heterocycles. The standard InChI is InChI=1S/Ba.3ClH/h;3*1H/q+3;;;/p-3. The molecule has 0 unspecified atom stereocenters. The third-order valence-corrected chi connectivity index (χ3v) is 0. The zero-order chi connectivity index (χ0) is 3.58. The van der Waals surface area contributed by atoms with Gasteiger partial charge in [0.1, 0.15) is 0 Å². The molecule has 3 radical (unpaired) electrons. The summed E-state index contributed by atoms with van der Waals surface area (Å²) in [6, 6.07) is 0. The minimum atomic E-state index is -2.37. The Hall–Kier alpha value is 2.44. The van der Waals surface area contributed by atoms with E-state index in [9.17, 15) is 0 Å². The molecule has 0 bridgehead atoms. The molecule has 4 heteroatoms. The summed E-state index contributed by atoms with van der Waals surface area (Å²) in [5.41, 5.74) is 0. The van der Waals surface area contributed by atoms with Crippen LogP contribution in [0.2, 0.25) is 0 Å². The first-order chi connectivity index (χ1) is 1.73. The van der Waals surface area contributed by atoms with Crippen LogP contribution in [0.15, 0.2) is 0 Å². The van der Waals surface area contributed by atoms with Crippen molar-refractivity contribution in [2.75, 3.05) is 0 Å². The fourth-order valence-electron chi connectivity index (χ4n) is 0. The van der Waals surface area contributed by atoms with Gasteiger partial charge in [-0.15, -0.1) is 0 Å². The Morgan fingerprint density at radius 2 is 1.00 bits per heavy atom.